The topological polar surface area (TPSA) is 29.5 Å². The first-order chi connectivity index (χ1) is 4.77. The second-order valence-corrected chi connectivity index (χ2v) is 3.21. The summed E-state index contributed by atoms with van der Waals surface area (Å²) in [6.07, 6.45) is 1.59. The minimum atomic E-state index is -0.226. The van der Waals surface area contributed by atoms with E-state index in [0.29, 0.717) is 0 Å². The fourth-order valence-corrected chi connectivity index (χ4v) is 1.64. The highest BCUT2D eigenvalue weighted by molar-refractivity contribution is 7.55. The van der Waals surface area contributed by atoms with Crippen molar-refractivity contribution in [3.63, 3.8) is 0 Å². The average molecular weight is 160 g/mol. The fourth-order valence-electron chi connectivity index (χ4n) is 1.33. The number of hydrogen-bond acceptors (Lipinski definition) is 2. The van der Waals surface area contributed by atoms with Gasteiger partial charge in [0.15, 0.2) is 7.00 Å². The standard InChI is InChI=1S/C6H14BO2P/c1-2-5-4(8)3-6(7-10)9-5/h4-8H,2-3,10H2,1H3/t4?,5-,6-/m1/s1. The molecule has 1 heterocycles. The molecule has 0 aromatic heterocycles. The Morgan fingerprint density at radius 1 is 1.80 bits per heavy atom. The van der Waals surface area contributed by atoms with Crippen molar-refractivity contribution in [2.45, 2.75) is 38.0 Å². The van der Waals surface area contributed by atoms with Crippen LogP contribution >= 0.6 is 9.12 Å². The van der Waals surface area contributed by atoms with Crippen molar-refractivity contribution in [3.8, 4) is 0 Å². The monoisotopic (exact) mass is 160 g/mol. The maximum Gasteiger partial charge on any atom is 0.180 e. The predicted molar refractivity (Wildman–Crippen MR) is 46.4 cm³/mol. The quantitative estimate of drug-likeness (QED) is 0.458. The highest BCUT2D eigenvalue weighted by atomic mass is 31.0. The molecule has 1 aliphatic heterocycles. The molecule has 0 aromatic carbocycles. The fraction of sp³-hybridized carbons (Fsp3) is 1.00. The molecule has 1 N–H and O–H groups in total. The van der Waals surface area contributed by atoms with Crippen molar-refractivity contribution in [3.05, 3.63) is 0 Å². The Morgan fingerprint density at radius 2 is 2.50 bits per heavy atom. The van der Waals surface area contributed by atoms with Crippen LogP contribution in [0.25, 0.3) is 0 Å². The van der Waals surface area contributed by atoms with Gasteiger partial charge in [0.25, 0.3) is 0 Å². The van der Waals surface area contributed by atoms with Gasteiger partial charge in [0, 0.05) is 6.00 Å². The van der Waals surface area contributed by atoms with Gasteiger partial charge in [0.2, 0.25) is 0 Å². The molecule has 4 heteroatoms. The van der Waals surface area contributed by atoms with E-state index in [0.717, 1.165) is 19.8 Å². The van der Waals surface area contributed by atoms with E-state index in [4.69, 9.17) is 4.74 Å². The third kappa shape index (κ3) is 1.72. The first-order valence-electron chi connectivity index (χ1n) is 3.81. The molecular weight excluding hydrogens is 146 g/mol. The Morgan fingerprint density at radius 3 is 2.80 bits per heavy atom. The molecule has 0 bridgehead atoms. The Labute approximate surface area is 64.7 Å². The van der Waals surface area contributed by atoms with Gasteiger partial charge in [-0.15, -0.1) is 0 Å². The van der Waals surface area contributed by atoms with Crippen LogP contribution in [0.4, 0.5) is 0 Å². The van der Waals surface area contributed by atoms with Crippen LogP contribution in [0.2, 0.25) is 0 Å². The molecule has 1 rings (SSSR count). The third-order valence-corrected chi connectivity index (χ3v) is 2.49. The molecule has 1 aliphatic rings. The van der Waals surface area contributed by atoms with E-state index in [9.17, 15) is 5.11 Å². The number of aliphatic hydroxyl groups excluding tert-OH is 1. The molecule has 10 heavy (non-hydrogen) atoms. The largest absolute Gasteiger partial charge is 0.390 e. The normalized spacial score (nSPS) is 40.1. The van der Waals surface area contributed by atoms with Crippen molar-refractivity contribution in [2.24, 2.45) is 0 Å². The van der Waals surface area contributed by atoms with Crippen LogP contribution in [-0.4, -0.2) is 30.3 Å². The predicted octanol–water partition coefficient (Wildman–Crippen LogP) is 0.0989. The molecule has 0 aliphatic carbocycles. The average Bonchev–Trinajstić information content (AvgIpc) is 2.30. The third-order valence-electron chi connectivity index (χ3n) is 1.97. The van der Waals surface area contributed by atoms with Crippen LogP contribution in [0.5, 0.6) is 0 Å². The lowest BCUT2D eigenvalue weighted by Crippen LogP contribution is -2.19. The minimum Gasteiger partial charge on any atom is -0.390 e. The van der Waals surface area contributed by atoms with Crippen LogP contribution < -0.4 is 0 Å². The summed E-state index contributed by atoms with van der Waals surface area (Å²) in [4.78, 5) is 0. The van der Waals surface area contributed by atoms with Gasteiger partial charge in [-0.05, 0) is 12.8 Å². The number of aliphatic hydroxyl groups is 1. The summed E-state index contributed by atoms with van der Waals surface area (Å²) < 4.78 is 5.50. The van der Waals surface area contributed by atoms with Crippen LogP contribution in [-0.2, 0) is 4.74 Å². The summed E-state index contributed by atoms with van der Waals surface area (Å²) in [5, 5.41) is 9.36. The summed E-state index contributed by atoms with van der Waals surface area (Å²) in [5.41, 5.74) is 0. The highest BCUT2D eigenvalue weighted by Gasteiger charge is 2.31. The molecule has 4 atom stereocenters. The van der Waals surface area contributed by atoms with E-state index in [1.54, 1.807) is 0 Å². The Balaban J connectivity index is 2.36. The van der Waals surface area contributed by atoms with Crippen molar-refractivity contribution in [1.29, 1.82) is 0 Å². The van der Waals surface area contributed by atoms with Crippen molar-refractivity contribution < 1.29 is 9.84 Å². The molecule has 58 valence electrons. The zero-order valence-corrected chi connectivity index (χ0v) is 7.44. The number of rotatable bonds is 2. The summed E-state index contributed by atoms with van der Waals surface area (Å²) in [7, 11) is 2.64. The summed E-state index contributed by atoms with van der Waals surface area (Å²) >= 11 is 0. The minimum absolute atomic E-state index is 0.0885. The van der Waals surface area contributed by atoms with Gasteiger partial charge in [-0.3, -0.25) is 0 Å². The lowest BCUT2D eigenvalue weighted by atomic mass is 9.94. The van der Waals surface area contributed by atoms with E-state index >= 15 is 0 Å². The second-order valence-electron chi connectivity index (χ2n) is 2.74. The van der Waals surface area contributed by atoms with E-state index in [1.807, 2.05) is 6.92 Å². The second kappa shape index (κ2) is 3.70. The van der Waals surface area contributed by atoms with E-state index in [2.05, 4.69) is 9.12 Å². The molecular formula is C6H14BO2P. The Hall–Kier alpha value is 0.415. The number of hydrogen-bond donors (Lipinski definition) is 1. The first kappa shape index (κ1) is 8.51. The number of ether oxygens (including phenoxy) is 1. The molecule has 0 aromatic rings. The van der Waals surface area contributed by atoms with Crippen molar-refractivity contribution >= 4 is 16.1 Å². The molecule has 1 fully saturated rings. The first-order valence-corrected chi connectivity index (χ1v) is 4.63. The van der Waals surface area contributed by atoms with Gasteiger partial charge < -0.3 is 9.84 Å². The van der Waals surface area contributed by atoms with Gasteiger partial charge in [0.1, 0.15) is 0 Å². The van der Waals surface area contributed by atoms with Gasteiger partial charge in [-0.2, -0.15) is 9.12 Å². The molecule has 0 saturated carbocycles. The lowest BCUT2D eigenvalue weighted by molar-refractivity contribution is 0.0302. The molecule has 1 saturated heterocycles. The van der Waals surface area contributed by atoms with E-state index in [1.165, 1.54) is 0 Å². The maximum atomic E-state index is 9.36. The molecule has 2 nitrogen and oxygen atoms in total. The summed E-state index contributed by atoms with van der Waals surface area (Å²) in [6.45, 7) is 2.98. The Kier molecular flexibility index (Phi) is 3.15. The zero-order chi connectivity index (χ0) is 7.56. The van der Waals surface area contributed by atoms with Crippen LogP contribution in [0.15, 0.2) is 0 Å². The van der Waals surface area contributed by atoms with E-state index in [-0.39, 0.29) is 18.2 Å². The summed E-state index contributed by atoms with van der Waals surface area (Å²) in [6, 6.07) is 0.268. The van der Waals surface area contributed by atoms with Gasteiger partial charge in [-0.25, -0.2) is 0 Å². The van der Waals surface area contributed by atoms with Gasteiger partial charge in [-0.1, -0.05) is 6.92 Å². The smallest absolute Gasteiger partial charge is 0.180 e. The maximum absolute atomic E-state index is 9.36. The van der Waals surface area contributed by atoms with Crippen LogP contribution in [0.1, 0.15) is 19.8 Å². The van der Waals surface area contributed by atoms with Gasteiger partial charge >= 0.3 is 0 Å². The molecule has 0 radical (unpaired) electrons. The lowest BCUT2D eigenvalue weighted by Gasteiger charge is -2.10. The zero-order valence-electron chi connectivity index (χ0n) is 6.29. The Bertz CT molecular complexity index is 112. The SMILES string of the molecule is CC[C@H]1O[C@@H](BP)CC1O. The van der Waals surface area contributed by atoms with Crippen molar-refractivity contribution in [2.75, 3.05) is 0 Å². The molecule has 2 unspecified atom stereocenters. The molecule has 0 spiro atoms. The molecule has 0 amide bonds. The van der Waals surface area contributed by atoms with Crippen LogP contribution in [0, 0.1) is 0 Å². The van der Waals surface area contributed by atoms with Crippen LogP contribution in [0.3, 0.4) is 0 Å². The van der Waals surface area contributed by atoms with Crippen molar-refractivity contribution in [1.82, 2.24) is 0 Å². The van der Waals surface area contributed by atoms with Gasteiger partial charge in [0.05, 0.1) is 12.2 Å². The van der Waals surface area contributed by atoms with E-state index < -0.39 is 0 Å². The summed E-state index contributed by atoms with van der Waals surface area (Å²) in [5.74, 6) is 0. The highest BCUT2D eigenvalue weighted by Crippen LogP contribution is 2.22.